The van der Waals surface area contributed by atoms with E-state index in [-0.39, 0.29) is 18.3 Å². The van der Waals surface area contributed by atoms with Gasteiger partial charge in [0.25, 0.3) is 0 Å². The van der Waals surface area contributed by atoms with Crippen LogP contribution in [0.4, 0.5) is 0 Å². The molecule has 48 heavy (non-hydrogen) atoms. The number of carboxylic acids is 3. The molecule has 2 aliphatic heterocycles. The SMILES string of the molecule is C=C(CC[C@]12O[C@H](C(=O)O)[C@H](C(=O)O)[C@](C(=O)O)(O1)[C@H](OC(=O)/C=C/[C@@H](C)C[C@@H](C)CC)[C@H]2O)[C@@H](OC(C)=O)[C@H](C)Cc1ccccc1. The second-order valence-corrected chi connectivity index (χ2v) is 12.9. The molecule has 2 aliphatic rings. The van der Waals surface area contributed by atoms with Crippen LogP contribution in [0.25, 0.3) is 0 Å². The maximum atomic E-state index is 13.0. The van der Waals surface area contributed by atoms with Crippen molar-refractivity contribution in [3.05, 3.63) is 60.2 Å². The average molecular weight is 675 g/mol. The molecule has 0 saturated carbocycles. The van der Waals surface area contributed by atoms with Gasteiger partial charge in [0.05, 0.1) is 0 Å². The predicted molar refractivity (Wildman–Crippen MR) is 169 cm³/mol. The molecule has 0 aromatic heterocycles. The molecule has 2 saturated heterocycles. The van der Waals surface area contributed by atoms with Gasteiger partial charge < -0.3 is 39.4 Å². The van der Waals surface area contributed by atoms with Gasteiger partial charge in [0.15, 0.2) is 12.2 Å². The highest BCUT2D eigenvalue weighted by atomic mass is 16.8. The minimum atomic E-state index is -3.05. The van der Waals surface area contributed by atoms with Crippen LogP contribution in [-0.2, 0) is 49.3 Å². The van der Waals surface area contributed by atoms with Gasteiger partial charge in [-0.15, -0.1) is 0 Å². The number of aliphatic hydroxyl groups is 1. The Kier molecular flexibility index (Phi) is 12.7. The van der Waals surface area contributed by atoms with Gasteiger partial charge >= 0.3 is 29.8 Å². The summed E-state index contributed by atoms with van der Waals surface area (Å²) >= 11 is 0. The zero-order valence-electron chi connectivity index (χ0n) is 27.9. The van der Waals surface area contributed by atoms with E-state index in [4.69, 9.17) is 18.9 Å². The Morgan fingerprint density at radius 3 is 2.23 bits per heavy atom. The van der Waals surface area contributed by atoms with Gasteiger partial charge in [-0.2, -0.15) is 0 Å². The molecule has 2 heterocycles. The van der Waals surface area contributed by atoms with E-state index in [1.165, 1.54) is 6.92 Å². The van der Waals surface area contributed by atoms with Crippen molar-refractivity contribution in [3.63, 3.8) is 0 Å². The molecule has 0 radical (unpaired) electrons. The van der Waals surface area contributed by atoms with Crippen LogP contribution < -0.4 is 0 Å². The zero-order valence-corrected chi connectivity index (χ0v) is 27.9. The largest absolute Gasteiger partial charge is 0.481 e. The maximum Gasteiger partial charge on any atom is 0.341 e. The second kappa shape index (κ2) is 15.9. The molecule has 0 amide bonds. The normalized spacial score (nSPS) is 29.0. The monoisotopic (exact) mass is 674 g/mol. The fraction of sp³-hybridized carbons (Fsp3) is 0.571. The van der Waals surface area contributed by atoms with Crippen LogP contribution in [0.1, 0.15) is 65.9 Å². The number of fused-ring (bicyclic) bond motifs is 2. The van der Waals surface area contributed by atoms with Crippen molar-refractivity contribution in [2.45, 2.75) is 103 Å². The summed E-state index contributed by atoms with van der Waals surface area (Å²) in [7, 11) is 0. The summed E-state index contributed by atoms with van der Waals surface area (Å²) < 4.78 is 22.5. The first-order valence-corrected chi connectivity index (χ1v) is 16.0. The number of aliphatic hydroxyl groups excluding tert-OH is 1. The Bertz CT molecular complexity index is 1390. The third-order valence-electron chi connectivity index (χ3n) is 9.12. The Hall–Kier alpha value is -4.07. The van der Waals surface area contributed by atoms with Crippen molar-refractivity contribution in [3.8, 4) is 0 Å². The number of benzene rings is 1. The average Bonchev–Trinajstić information content (AvgIpc) is 3.20. The molecule has 3 rings (SSSR count). The Morgan fingerprint density at radius 2 is 1.69 bits per heavy atom. The minimum absolute atomic E-state index is 0.0665. The molecule has 0 aliphatic carbocycles. The number of rotatable bonds is 17. The van der Waals surface area contributed by atoms with Crippen LogP contribution in [0, 0.1) is 23.7 Å². The molecule has 2 bridgehead atoms. The fourth-order valence-corrected chi connectivity index (χ4v) is 6.56. The maximum absolute atomic E-state index is 13.0. The predicted octanol–water partition coefficient (Wildman–Crippen LogP) is 3.77. The highest BCUT2D eigenvalue weighted by molar-refractivity contribution is 5.93. The first-order valence-electron chi connectivity index (χ1n) is 16.0. The number of ether oxygens (including phenoxy) is 4. The molecule has 1 aromatic carbocycles. The number of carboxylic acid groups (broad SMARTS) is 3. The Labute approximate surface area is 279 Å². The summed E-state index contributed by atoms with van der Waals surface area (Å²) in [6.45, 7) is 13.1. The Morgan fingerprint density at radius 1 is 1.04 bits per heavy atom. The van der Waals surface area contributed by atoms with Crippen molar-refractivity contribution in [2.75, 3.05) is 0 Å². The summed E-state index contributed by atoms with van der Waals surface area (Å²) in [5.41, 5.74) is -1.77. The molecule has 2 fully saturated rings. The molecule has 0 spiro atoms. The number of esters is 2. The van der Waals surface area contributed by atoms with Crippen LogP contribution in [0.5, 0.6) is 0 Å². The lowest BCUT2D eigenvalue weighted by atomic mass is 9.78. The first kappa shape index (κ1) is 38.4. The third kappa shape index (κ3) is 8.31. The number of hydrogen-bond donors (Lipinski definition) is 4. The van der Waals surface area contributed by atoms with Crippen LogP contribution in [0.3, 0.4) is 0 Å². The minimum Gasteiger partial charge on any atom is -0.481 e. The van der Waals surface area contributed by atoms with Crippen LogP contribution >= 0.6 is 0 Å². The van der Waals surface area contributed by atoms with Crippen molar-refractivity contribution in [1.82, 2.24) is 0 Å². The molecular formula is C35H46O13. The van der Waals surface area contributed by atoms with Gasteiger partial charge in [-0.3, -0.25) is 9.59 Å². The van der Waals surface area contributed by atoms with E-state index in [2.05, 4.69) is 6.58 Å². The molecule has 10 atom stereocenters. The van der Waals surface area contributed by atoms with Crippen LogP contribution in [-0.4, -0.2) is 86.1 Å². The van der Waals surface area contributed by atoms with Crippen molar-refractivity contribution in [1.29, 1.82) is 0 Å². The summed E-state index contributed by atoms with van der Waals surface area (Å²) in [4.78, 5) is 62.8. The summed E-state index contributed by atoms with van der Waals surface area (Å²) in [6, 6.07) is 9.39. The van der Waals surface area contributed by atoms with Gasteiger partial charge in [-0.25, -0.2) is 14.4 Å². The summed E-state index contributed by atoms with van der Waals surface area (Å²) in [5.74, 6) is -12.3. The smallest absolute Gasteiger partial charge is 0.341 e. The third-order valence-corrected chi connectivity index (χ3v) is 9.12. The Balaban J connectivity index is 1.97. The van der Waals surface area contributed by atoms with E-state index in [0.717, 1.165) is 24.5 Å². The number of allylic oxidation sites excluding steroid dienone is 1. The standard InChI is InChI=1S/C35H46O13/c1-7-19(2)17-20(3)13-14-25(37)46-30-29(38)34(47-28(32(41)42)26(31(39)40)35(30,48-34)33(43)44)16-15-21(4)27(45-23(6)36)22(5)18-24-11-9-8-10-12-24/h8-14,19-20,22,26-30,38H,4,7,15-18H2,1-3,5-6H3,(H,39,40)(H,41,42)(H,43,44)/b14-13+/t19-,20+,22+,26+,27+,28-,29+,30+,34-,35-/m0/s1. The van der Waals surface area contributed by atoms with E-state index in [9.17, 15) is 44.4 Å². The lowest BCUT2D eigenvalue weighted by Gasteiger charge is -2.44. The fourth-order valence-electron chi connectivity index (χ4n) is 6.56. The number of hydrogen-bond acceptors (Lipinski definition) is 10. The van der Waals surface area contributed by atoms with Gasteiger partial charge in [0.2, 0.25) is 11.4 Å². The lowest BCUT2D eigenvalue weighted by Crippen LogP contribution is -2.66. The van der Waals surface area contributed by atoms with Gasteiger partial charge in [0, 0.05) is 25.3 Å². The molecule has 13 nitrogen and oxygen atoms in total. The van der Waals surface area contributed by atoms with Crippen molar-refractivity contribution < 1.29 is 63.3 Å². The van der Waals surface area contributed by atoms with Crippen molar-refractivity contribution in [2.24, 2.45) is 23.7 Å². The zero-order chi connectivity index (χ0) is 36.0. The van der Waals surface area contributed by atoms with E-state index in [1.807, 2.05) is 58.0 Å². The van der Waals surface area contributed by atoms with Gasteiger partial charge in [-0.1, -0.05) is 77.1 Å². The highest BCUT2D eigenvalue weighted by Crippen LogP contribution is 2.54. The number of carbonyl (C=O) groups is 5. The number of carbonyl (C=O) groups excluding carboxylic acids is 2. The molecule has 4 N–H and O–H groups in total. The molecular weight excluding hydrogens is 628 g/mol. The first-order chi connectivity index (χ1) is 22.5. The van der Waals surface area contributed by atoms with Gasteiger partial charge in [-0.05, 0) is 42.2 Å². The van der Waals surface area contributed by atoms with Crippen molar-refractivity contribution >= 4 is 29.8 Å². The lowest BCUT2D eigenvalue weighted by molar-refractivity contribution is -0.342. The van der Waals surface area contributed by atoms with Gasteiger partial charge in [0.1, 0.15) is 18.1 Å². The number of aliphatic carboxylic acids is 3. The molecule has 1 aromatic rings. The molecule has 0 unspecified atom stereocenters. The topological polar surface area (TPSA) is 203 Å². The van der Waals surface area contributed by atoms with E-state index in [0.29, 0.717) is 17.9 Å². The van der Waals surface area contributed by atoms with E-state index >= 15 is 0 Å². The molecule has 264 valence electrons. The summed E-state index contributed by atoms with van der Waals surface area (Å²) in [6.07, 6.45) is -3.35. The van der Waals surface area contributed by atoms with Crippen LogP contribution in [0.2, 0.25) is 0 Å². The molecule has 13 heteroatoms. The highest BCUT2D eigenvalue weighted by Gasteiger charge is 2.79. The second-order valence-electron chi connectivity index (χ2n) is 12.9. The van der Waals surface area contributed by atoms with Crippen LogP contribution in [0.15, 0.2) is 54.6 Å². The van der Waals surface area contributed by atoms with E-state index in [1.54, 1.807) is 6.08 Å². The van der Waals surface area contributed by atoms with E-state index < -0.39 is 78.0 Å². The quantitative estimate of drug-likeness (QED) is 0.106. The summed E-state index contributed by atoms with van der Waals surface area (Å²) in [5, 5.41) is 42.1.